The third kappa shape index (κ3) is 8.79. The molecule has 0 bridgehead atoms. The van der Waals surface area contributed by atoms with Gasteiger partial charge in [-0.15, -0.1) is 0 Å². The monoisotopic (exact) mass is 473 g/mol. The van der Waals surface area contributed by atoms with Crippen molar-refractivity contribution in [1.82, 2.24) is 5.32 Å². The first-order chi connectivity index (χ1) is 15.3. The minimum atomic E-state index is -1.52. The zero-order valence-electron chi connectivity index (χ0n) is 19.1. The van der Waals surface area contributed by atoms with Gasteiger partial charge >= 0.3 is 29.8 Å². The molecule has 0 fully saturated rings. The highest BCUT2D eigenvalue weighted by Crippen LogP contribution is 2.28. The second-order valence-electron chi connectivity index (χ2n) is 6.93. The highest BCUT2D eigenvalue weighted by atomic mass is 16.6. The van der Waals surface area contributed by atoms with E-state index >= 15 is 0 Å². The molecule has 0 aromatic rings. The third-order valence-corrected chi connectivity index (χ3v) is 4.11. The predicted octanol–water partition coefficient (Wildman–Crippen LogP) is -0.695. The number of rotatable bonds is 9. The number of methoxy groups -OCH3 is 1. The van der Waals surface area contributed by atoms with Gasteiger partial charge in [-0.2, -0.15) is 0 Å². The first-order valence-corrected chi connectivity index (χ1v) is 9.74. The highest BCUT2D eigenvalue weighted by Gasteiger charge is 2.49. The van der Waals surface area contributed by atoms with E-state index in [4.69, 9.17) is 23.7 Å². The lowest BCUT2D eigenvalue weighted by Gasteiger charge is -2.41. The van der Waals surface area contributed by atoms with E-state index in [9.17, 15) is 28.8 Å². The molecule has 0 aromatic heterocycles. The summed E-state index contributed by atoms with van der Waals surface area (Å²) in [7, 11) is 1.08. The summed E-state index contributed by atoms with van der Waals surface area (Å²) in [5.41, 5.74) is 0. The summed E-state index contributed by atoms with van der Waals surface area (Å²) in [4.78, 5) is 70.6. The Hall–Kier alpha value is -3.64. The molecule has 1 rings (SSSR count). The van der Waals surface area contributed by atoms with E-state index in [0.29, 0.717) is 0 Å². The summed E-state index contributed by atoms with van der Waals surface area (Å²) in [5, 5.41) is 2.51. The number of carbonyl (C=O) groups is 6. The van der Waals surface area contributed by atoms with Crippen LogP contribution >= 0.6 is 0 Å². The molecule has 0 spiro atoms. The number of hydrogen-bond acceptors (Lipinski definition) is 12. The van der Waals surface area contributed by atoms with Crippen LogP contribution < -0.4 is 5.32 Å². The molecular formula is C20H27NO12. The van der Waals surface area contributed by atoms with E-state index in [1.807, 2.05) is 0 Å². The Bertz CT molecular complexity index is 820. The highest BCUT2D eigenvalue weighted by molar-refractivity contribution is 5.86. The van der Waals surface area contributed by atoms with Gasteiger partial charge < -0.3 is 33.7 Å². The van der Waals surface area contributed by atoms with E-state index in [1.54, 1.807) is 0 Å². The van der Waals surface area contributed by atoms with Gasteiger partial charge in [0.05, 0.1) is 7.11 Å². The van der Waals surface area contributed by atoms with Gasteiger partial charge in [-0.3, -0.25) is 24.0 Å². The van der Waals surface area contributed by atoms with Crippen LogP contribution in [0.15, 0.2) is 11.8 Å². The normalized spacial score (nSPS) is 21.2. The van der Waals surface area contributed by atoms with Crippen LogP contribution in [-0.4, -0.2) is 79.9 Å². The number of hydrogen-bond donors (Lipinski definition) is 1. The van der Waals surface area contributed by atoms with Gasteiger partial charge in [0, 0.05) is 40.7 Å². The molecule has 1 aliphatic rings. The van der Waals surface area contributed by atoms with Crippen LogP contribution in [0.5, 0.6) is 0 Å². The Kier molecular flexibility index (Phi) is 10.3. The fraction of sp³-hybridized carbons (Fsp3) is 0.600. The average Bonchev–Trinajstić information content (AvgIpc) is 2.68. The molecule has 1 amide bonds. The molecule has 5 atom stereocenters. The van der Waals surface area contributed by atoms with Crippen LogP contribution in [0.1, 0.15) is 34.6 Å². The molecule has 0 radical (unpaired) electrons. The van der Waals surface area contributed by atoms with Gasteiger partial charge in [-0.05, 0) is 0 Å². The number of ether oxygens (including phenoxy) is 6. The topological polar surface area (TPSA) is 170 Å². The smallest absolute Gasteiger partial charge is 0.373 e. The minimum Gasteiger partial charge on any atom is -0.477 e. The van der Waals surface area contributed by atoms with E-state index in [0.717, 1.165) is 40.9 Å². The standard InChI is InChI=1S/C20H27NO12/c1-9(22)21-17-14(30-11(3)24)7-15(20(27)28-6)33-19(17)18(32-13(5)26)16(31-12(4)25)8-29-10(2)23/h7,14,16-19H,8H2,1-6H3,(H,21,22)/t14-,16+,17+,18+,19+/m0/s1. The Labute approximate surface area is 189 Å². The fourth-order valence-corrected chi connectivity index (χ4v) is 3.04. The molecule has 0 aromatic carbocycles. The largest absolute Gasteiger partial charge is 0.477 e. The summed E-state index contributed by atoms with van der Waals surface area (Å²) in [5.74, 6) is -5.07. The van der Waals surface area contributed by atoms with Gasteiger partial charge in [-0.25, -0.2) is 4.79 Å². The first kappa shape index (κ1) is 27.4. The van der Waals surface area contributed by atoms with Crippen molar-refractivity contribution in [2.45, 2.75) is 65.1 Å². The van der Waals surface area contributed by atoms with Crippen molar-refractivity contribution in [2.24, 2.45) is 0 Å². The molecule has 33 heavy (non-hydrogen) atoms. The molecule has 0 unspecified atom stereocenters. The maximum absolute atomic E-state index is 12.2. The Morgan fingerprint density at radius 1 is 0.939 bits per heavy atom. The zero-order chi connectivity index (χ0) is 25.3. The van der Waals surface area contributed by atoms with Gasteiger partial charge in [0.1, 0.15) is 18.8 Å². The lowest BCUT2D eigenvalue weighted by molar-refractivity contribution is -0.191. The maximum Gasteiger partial charge on any atom is 0.373 e. The van der Waals surface area contributed by atoms with Gasteiger partial charge in [-0.1, -0.05) is 0 Å². The van der Waals surface area contributed by atoms with Crippen molar-refractivity contribution in [3.63, 3.8) is 0 Å². The summed E-state index contributed by atoms with van der Waals surface area (Å²) in [6.45, 7) is 4.96. The lowest BCUT2D eigenvalue weighted by Crippen LogP contribution is -2.62. The van der Waals surface area contributed by atoms with Crippen LogP contribution in [0.4, 0.5) is 0 Å². The Morgan fingerprint density at radius 3 is 2.00 bits per heavy atom. The molecule has 13 heteroatoms. The van der Waals surface area contributed by atoms with E-state index in [1.165, 1.54) is 6.92 Å². The fourth-order valence-electron chi connectivity index (χ4n) is 3.04. The van der Waals surface area contributed by atoms with E-state index < -0.39 is 78.6 Å². The van der Waals surface area contributed by atoms with E-state index in [2.05, 4.69) is 10.1 Å². The van der Waals surface area contributed by atoms with Crippen molar-refractivity contribution in [1.29, 1.82) is 0 Å². The quantitative estimate of drug-likeness (QED) is 0.331. The average molecular weight is 473 g/mol. The van der Waals surface area contributed by atoms with Crippen LogP contribution in [0.25, 0.3) is 0 Å². The van der Waals surface area contributed by atoms with Gasteiger partial charge in [0.2, 0.25) is 11.7 Å². The van der Waals surface area contributed by atoms with Crippen molar-refractivity contribution in [3.05, 3.63) is 11.8 Å². The number of amides is 1. The predicted molar refractivity (Wildman–Crippen MR) is 106 cm³/mol. The molecule has 1 heterocycles. The van der Waals surface area contributed by atoms with Crippen molar-refractivity contribution >= 4 is 35.8 Å². The minimum absolute atomic E-state index is 0.415. The van der Waals surface area contributed by atoms with Crippen molar-refractivity contribution < 1.29 is 57.2 Å². The van der Waals surface area contributed by atoms with E-state index in [-0.39, 0.29) is 0 Å². The van der Waals surface area contributed by atoms with Crippen LogP contribution in [0.2, 0.25) is 0 Å². The molecule has 13 nitrogen and oxygen atoms in total. The second kappa shape index (κ2) is 12.4. The van der Waals surface area contributed by atoms with Crippen molar-refractivity contribution in [3.8, 4) is 0 Å². The third-order valence-electron chi connectivity index (χ3n) is 4.11. The Balaban J connectivity index is 3.58. The van der Waals surface area contributed by atoms with Crippen molar-refractivity contribution in [2.75, 3.05) is 13.7 Å². The molecule has 0 saturated heterocycles. The maximum atomic E-state index is 12.2. The summed E-state index contributed by atoms with van der Waals surface area (Å²) in [6.07, 6.45) is -4.52. The number of carbonyl (C=O) groups excluding carboxylic acids is 6. The number of nitrogens with one attached hydrogen (secondary N) is 1. The SMILES string of the molecule is COC(=O)C1=C[C@H](OC(C)=O)[C@@H](NC(C)=O)[C@H]([C@H](OC(C)=O)[C@@H](COC(C)=O)OC(C)=O)O1. The first-order valence-electron chi connectivity index (χ1n) is 9.74. The van der Waals surface area contributed by atoms with Gasteiger partial charge in [0.15, 0.2) is 18.3 Å². The molecule has 0 aliphatic carbocycles. The molecule has 1 aliphatic heterocycles. The summed E-state index contributed by atoms with van der Waals surface area (Å²) >= 11 is 0. The molecule has 0 saturated carbocycles. The summed E-state index contributed by atoms with van der Waals surface area (Å²) < 4.78 is 30.9. The van der Waals surface area contributed by atoms with Crippen LogP contribution in [0, 0.1) is 0 Å². The molecule has 184 valence electrons. The molecule has 1 N–H and O–H groups in total. The van der Waals surface area contributed by atoms with Crippen LogP contribution in [0.3, 0.4) is 0 Å². The lowest BCUT2D eigenvalue weighted by atomic mass is 9.93. The second-order valence-corrected chi connectivity index (χ2v) is 6.93. The van der Waals surface area contributed by atoms with Crippen LogP contribution in [-0.2, 0) is 57.2 Å². The summed E-state index contributed by atoms with van der Waals surface area (Å²) in [6, 6.07) is -1.21. The zero-order valence-corrected chi connectivity index (χ0v) is 19.1. The molecular weight excluding hydrogens is 446 g/mol. The Morgan fingerprint density at radius 2 is 1.55 bits per heavy atom. The number of esters is 5. The van der Waals surface area contributed by atoms with Gasteiger partial charge in [0.25, 0.3) is 0 Å².